The quantitative estimate of drug-likeness (QED) is 0.137. The van der Waals surface area contributed by atoms with Gasteiger partial charge in [-0.25, -0.2) is 0 Å². The van der Waals surface area contributed by atoms with Crippen LogP contribution in [0.1, 0.15) is 11.1 Å². The summed E-state index contributed by atoms with van der Waals surface area (Å²) in [6.07, 6.45) is 0. The Labute approximate surface area is 526 Å². The number of aromatic nitrogens is 3. The molecule has 3 heterocycles. The highest BCUT2D eigenvalue weighted by Crippen LogP contribution is 2.48. The van der Waals surface area contributed by atoms with Crippen LogP contribution in [0.3, 0.4) is 0 Å². The van der Waals surface area contributed by atoms with Gasteiger partial charge in [-0.05, 0) is 164 Å². The van der Waals surface area contributed by atoms with Gasteiger partial charge in [0.25, 0.3) is 0 Å². The Morgan fingerprint density at radius 1 is 0.209 bits per heavy atom. The van der Waals surface area contributed by atoms with Gasteiger partial charge >= 0.3 is 0 Å². The Hall–Kier alpha value is -12.5. The zero-order valence-corrected chi connectivity index (χ0v) is 49.3. The number of hydrogen-bond acceptors (Lipinski definition) is 2. The van der Waals surface area contributed by atoms with Crippen molar-refractivity contribution in [3.63, 3.8) is 0 Å². The van der Waals surface area contributed by atoms with Crippen LogP contribution in [-0.4, -0.2) is 13.7 Å². The lowest BCUT2D eigenvalue weighted by Crippen LogP contribution is -2.09. The first-order chi connectivity index (χ1) is 45.0. The summed E-state index contributed by atoms with van der Waals surface area (Å²) in [6.45, 7) is 0. The highest BCUT2D eigenvalue weighted by Gasteiger charge is 2.29. The normalized spacial score (nSPS) is 11.5. The number of hydrogen-bond donors (Lipinski definition) is 0. The van der Waals surface area contributed by atoms with E-state index in [2.05, 4.69) is 335 Å². The zero-order chi connectivity index (χ0) is 60.5. The van der Waals surface area contributed by atoms with Gasteiger partial charge in [0, 0.05) is 43.4 Å². The fourth-order valence-corrected chi connectivity index (χ4v) is 14.0. The van der Waals surface area contributed by atoms with Gasteiger partial charge < -0.3 is 13.7 Å². The largest absolute Gasteiger partial charge is 0.309 e. The van der Waals surface area contributed by atoms with Crippen molar-refractivity contribution >= 4 is 65.4 Å². The van der Waals surface area contributed by atoms with Gasteiger partial charge in [0.1, 0.15) is 6.07 Å². The van der Waals surface area contributed by atoms with Gasteiger partial charge in [0.05, 0.1) is 67.4 Å². The van der Waals surface area contributed by atoms with Crippen molar-refractivity contribution in [2.75, 3.05) is 0 Å². The number of nitriles is 2. The summed E-state index contributed by atoms with van der Waals surface area (Å²) in [5.74, 6) is 0. The topological polar surface area (TPSA) is 62.4 Å². The van der Waals surface area contributed by atoms with Crippen LogP contribution < -0.4 is 0 Å². The van der Waals surface area contributed by atoms with Crippen molar-refractivity contribution in [1.29, 1.82) is 10.5 Å². The summed E-state index contributed by atoms with van der Waals surface area (Å²) in [5, 5.41) is 29.6. The molecular weight excluding hydrogens is 1100 g/mol. The molecule has 3 aromatic heterocycles. The van der Waals surface area contributed by atoms with Crippen LogP contribution in [0.2, 0.25) is 0 Å². The van der Waals surface area contributed by atoms with Gasteiger partial charge in [0.15, 0.2) is 0 Å². The van der Waals surface area contributed by atoms with Gasteiger partial charge in [0.2, 0.25) is 0 Å². The molecule has 0 saturated heterocycles. The monoisotopic (exact) mass is 1160 g/mol. The fraction of sp³-hybridized carbons (Fsp3) is 0. The zero-order valence-electron chi connectivity index (χ0n) is 49.3. The van der Waals surface area contributed by atoms with E-state index >= 15 is 0 Å². The maximum Gasteiger partial charge on any atom is 0.101 e. The SMILES string of the molecule is N#Cc1ccc(-n2c3ccc(-c4ccccc4)cc3c3cc(-c4ccccc4)ccc32)c(-c2ccc(C#N)c(-n3c4ccc(-c5ccccc5)cc4c4cc(-c5ccccc5)ccc43)c2-n2c3ccc(-c4ccccc4)cc3c3cc(-c4ccccc4)ccc32)c1. The summed E-state index contributed by atoms with van der Waals surface area (Å²) >= 11 is 0. The summed E-state index contributed by atoms with van der Waals surface area (Å²) in [7, 11) is 0. The molecule has 0 spiro atoms. The van der Waals surface area contributed by atoms with Crippen molar-refractivity contribution in [2.24, 2.45) is 0 Å². The molecule has 91 heavy (non-hydrogen) atoms. The standard InChI is InChI=1S/C86H53N5/c87-54-56-31-40-78(89-79-41-33-63(57-19-7-1-8-20-57)48-72(79)73-49-64(34-42-80(73)89)58-21-9-2-10-22-58)71(47-56)70-39-32-69(55-88)85(90-81-43-35-65(59-23-11-3-12-24-59)50-74(81)75-51-66(36-44-82(75)90)60-25-13-4-14-26-60)86(70)91-83-45-37-67(61-27-15-5-16-28-61)52-76(83)77-53-68(38-46-84(77)91)62-29-17-6-18-30-62/h1-53H. The highest BCUT2D eigenvalue weighted by atomic mass is 15.1. The molecule has 0 fully saturated rings. The Morgan fingerprint density at radius 2 is 0.495 bits per heavy atom. The number of fused-ring (bicyclic) bond motifs is 9. The number of rotatable bonds is 10. The Balaban J connectivity index is 1.03. The first-order valence-electron chi connectivity index (χ1n) is 30.8. The molecule has 14 aromatic carbocycles. The Morgan fingerprint density at radius 3 is 0.780 bits per heavy atom. The van der Waals surface area contributed by atoms with Crippen LogP contribution in [-0.2, 0) is 0 Å². The van der Waals surface area contributed by atoms with E-state index in [0.717, 1.165) is 155 Å². The van der Waals surface area contributed by atoms with Crippen LogP contribution in [0.5, 0.6) is 0 Å². The minimum Gasteiger partial charge on any atom is -0.309 e. The smallest absolute Gasteiger partial charge is 0.101 e. The molecule has 17 rings (SSSR count). The molecule has 17 aromatic rings. The van der Waals surface area contributed by atoms with Gasteiger partial charge in [-0.15, -0.1) is 0 Å². The average Bonchev–Trinajstić information content (AvgIpc) is 1.67. The minimum absolute atomic E-state index is 0.491. The van der Waals surface area contributed by atoms with E-state index in [-0.39, 0.29) is 0 Å². The van der Waals surface area contributed by atoms with Crippen LogP contribution in [0.15, 0.2) is 322 Å². The molecule has 0 saturated carbocycles. The lowest BCUT2D eigenvalue weighted by molar-refractivity contribution is 1.09. The molecular formula is C86H53N5. The molecule has 0 amide bonds. The van der Waals surface area contributed by atoms with Crippen LogP contribution in [0.25, 0.3) is 160 Å². The maximum absolute atomic E-state index is 12.0. The fourth-order valence-electron chi connectivity index (χ4n) is 14.0. The molecule has 5 heteroatoms. The molecule has 0 aliphatic rings. The lowest BCUT2D eigenvalue weighted by Gasteiger charge is -2.24. The third-order valence-electron chi connectivity index (χ3n) is 18.3. The summed E-state index contributed by atoms with van der Waals surface area (Å²) in [5.41, 5.74) is 24.3. The second kappa shape index (κ2) is 21.7. The van der Waals surface area contributed by atoms with Gasteiger partial charge in [-0.3, -0.25) is 0 Å². The third-order valence-corrected chi connectivity index (χ3v) is 18.3. The van der Waals surface area contributed by atoms with Crippen molar-refractivity contribution in [3.8, 4) is 107 Å². The Bertz CT molecular complexity index is 5520. The maximum atomic E-state index is 12.0. The molecule has 0 aliphatic heterocycles. The number of benzene rings is 14. The van der Waals surface area contributed by atoms with E-state index < -0.39 is 0 Å². The van der Waals surface area contributed by atoms with E-state index in [1.165, 1.54) is 0 Å². The van der Waals surface area contributed by atoms with E-state index in [1.54, 1.807) is 0 Å². The number of nitrogens with zero attached hydrogens (tertiary/aromatic N) is 5. The molecule has 422 valence electrons. The summed E-state index contributed by atoms with van der Waals surface area (Å²) < 4.78 is 7.12. The van der Waals surface area contributed by atoms with Crippen LogP contribution in [0, 0.1) is 22.7 Å². The van der Waals surface area contributed by atoms with E-state index in [1.807, 2.05) is 12.1 Å². The predicted molar refractivity (Wildman–Crippen MR) is 377 cm³/mol. The van der Waals surface area contributed by atoms with Crippen LogP contribution in [0.4, 0.5) is 0 Å². The molecule has 5 nitrogen and oxygen atoms in total. The van der Waals surface area contributed by atoms with Gasteiger partial charge in [-0.2, -0.15) is 10.5 Å². The molecule has 0 atom stereocenters. The molecule has 0 radical (unpaired) electrons. The average molecular weight is 1160 g/mol. The van der Waals surface area contributed by atoms with E-state index in [4.69, 9.17) is 0 Å². The van der Waals surface area contributed by atoms with Crippen LogP contribution >= 0.6 is 0 Å². The van der Waals surface area contributed by atoms with E-state index in [0.29, 0.717) is 16.8 Å². The first kappa shape index (κ1) is 52.8. The van der Waals surface area contributed by atoms with Crippen molar-refractivity contribution in [2.45, 2.75) is 0 Å². The molecule has 0 unspecified atom stereocenters. The minimum atomic E-state index is 0.491. The van der Waals surface area contributed by atoms with Crippen molar-refractivity contribution < 1.29 is 0 Å². The first-order valence-corrected chi connectivity index (χ1v) is 30.8. The van der Waals surface area contributed by atoms with Crippen molar-refractivity contribution in [3.05, 3.63) is 333 Å². The summed E-state index contributed by atoms with van der Waals surface area (Å²) in [6, 6.07) is 120. The predicted octanol–water partition coefficient (Wildman–Crippen LogP) is 22.4. The second-order valence-corrected chi connectivity index (χ2v) is 23.4. The van der Waals surface area contributed by atoms with Crippen molar-refractivity contribution in [1.82, 2.24) is 13.7 Å². The lowest BCUT2D eigenvalue weighted by atomic mass is 9.95. The molecule has 0 aliphatic carbocycles. The second-order valence-electron chi connectivity index (χ2n) is 23.4. The third kappa shape index (κ3) is 8.83. The molecule has 0 bridgehead atoms. The van der Waals surface area contributed by atoms with Gasteiger partial charge in [-0.1, -0.05) is 224 Å². The Kier molecular flexibility index (Phi) is 12.6. The summed E-state index contributed by atoms with van der Waals surface area (Å²) in [4.78, 5) is 0. The van der Waals surface area contributed by atoms with E-state index in [9.17, 15) is 10.5 Å². The highest BCUT2D eigenvalue weighted by molar-refractivity contribution is 6.16. The molecule has 0 N–H and O–H groups in total.